The van der Waals surface area contributed by atoms with Gasteiger partial charge < -0.3 is 10.3 Å². The Hall–Kier alpha value is -1.35. The number of aromatic amines is 1. The number of aromatic nitrogens is 2. The second kappa shape index (κ2) is 2.85. The molecule has 1 aliphatic rings. The summed E-state index contributed by atoms with van der Waals surface area (Å²) in [6.45, 7) is 0.458. The zero-order valence-electron chi connectivity index (χ0n) is 6.58. The van der Waals surface area contributed by atoms with E-state index in [1.165, 1.54) is 0 Å². The minimum atomic E-state index is -0.838. The molecule has 66 valence electrons. The van der Waals surface area contributed by atoms with Gasteiger partial charge in [-0.25, -0.2) is 9.98 Å². The molecular weight excluding hydrogens is 234 g/mol. The fourth-order valence-corrected chi connectivity index (χ4v) is 1.37. The largest absolute Gasteiger partial charge is 0.363 e. The molecule has 2 heterocycles. The van der Waals surface area contributed by atoms with Gasteiger partial charge in [-0.1, -0.05) is 0 Å². The van der Waals surface area contributed by atoms with Gasteiger partial charge in [-0.3, -0.25) is 0 Å². The zero-order valence-corrected chi connectivity index (χ0v) is 8.17. The fourth-order valence-electron chi connectivity index (χ4n) is 1.05. The molecule has 0 spiro atoms. The topological polar surface area (TPSA) is 76.9 Å². The van der Waals surface area contributed by atoms with Gasteiger partial charge in [0.05, 0.1) is 6.54 Å². The number of rotatable bonds is 1. The van der Waals surface area contributed by atoms with Gasteiger partial charge in [0.15, 0.2) is 11.7 Å². The monoisotopic (exact) mass is 239 g/mol. The van der Waals surface area contributed by atoms with E-state index in [1.54, 1.807) is 12.4 Å². The highest BCUT2D eigenvalue weighted by atomic mass is 79.9. The predicted molar refractivity (Wildman–Crippen MR) is 50.4 cm³/mol. The summed E-state index contributed by atoms with van der Waals surface area (Å²) in [4.78, 5) is 11.1. The van der Waals surface area contributed by atoms with Gasteiger partial charge in [-0.2, -0.15) is 5.26 Å². The van der Waals surface area contributed by atoms with Crippen LogP contribution in [0.5, 0.6) is 0 Å². The van der Waals surface area contributed by atoms with Crippen LogP contribution in [-0.4, -0.2) is 26.8 Å². The van der Waals surface area contributed by atoms with E-state index in [1.807, 2.05) is 0 Å². The Labute approximate surface area is 83.0 Å². The fraction of sp³-hybridized carbons (Fsp3) is 0.286. The third-order valence-electron chi connectivity index (χ3n) is 1.67. The number of aliphatic imine (C=N–C) groups is 1. The third kappa shape index (κ3) is 1.42. The predicted octanol–water partition coefficient (Wildman–Crippen LogP) is 0.374. The minimum absolute atomic E-state index is 0.458. The number of H-pyrrole nitrogens is 1. The van der Waals surface area contributed by atoms with E-state index < -0.39 is 4.45 Å². The molecule has 1 atom stereocenters. The summed E-state index contributed by atoms with van der Waals surface area (Å²) in [7, 11) is 0. The molecule has 2 rings (SSSR count). The first-order chi connectivity index (χ1) is 6.23. The maximum absolute atomic E-state index is 8.77. The number of amidine groups is 1. The van der Waals surface area contributed by atoms with Crippen molar-refractivity contribution in [2.24, 2.45) is 4.99 Å². The molecule has 0 radical (unpaired) electrons. The second-order valence-electron chi connectivity index (χ2n) is 2.62. The average molecular weight is 240 g/mol. The van der Waals surface area contributed by atoms with Gasteiger partial charge in [-0.15, -0.1) is 0 Å². The maximum atomic E-state index is 8.77. The van der Waals surface area contributed by atoms with Gasteiger partial charge in [-0.05, 0) is 15.9 Å². The molecule has 2 N–H and O–H groups in total. The zero-order chi connectivity index (χ0) is 9.31. The van der Waals surface area contributed by atoms with E-state index in [0.29, 0.717) is 18.2 Å². The van der Waals surface area contributed by atoms with Crippen LogP contribution in [0.4, 0.5) is 0 Å². The standard InChI is InChI=1S/C7H6BrN5/c8-7(3-9)4-12-6(13-7)5-10-1-2-11-5/h1-2H,4H2,(H,10,11)(H,12,13). The van der Waals surface area contributed by atoms with Crippen LogP contribution in [0.15, 0.2) is 17.4 Å². The molecule has 0 saturated heterocycles. The van der Waals surface area contributed by atoms with Crippen LogP contribution in [0.1, 0.15) is 5.82 Å². The molecule has 0 fully saturated rings. The summed E-state index contributed by atoms with van der Waals surface area (Å²) in [5, 5.41) is 11.8. The lowest BCUT2D eigenvalue weighted by molar-refractivity contribution is 0.800. The summed E-state index contributed by atoms with van der Waals surface area (Å²) in [6, 6.07) is 2.06. The van der Waals surface area contributed by atoms with Crippen molar-refractivity contribution in [1.82, 2.24) is 15.3 Å². The molecule has 0 saturated carbocycles. The van der Waals surface area contributed by atoms with Crippen molar-refractivity contribution in [3.8, 4) is 6.07 Å². The van der Waals surface area contributed by atoms with Gasteiger partial charge >= 0.3 is 0 Å². The lowest BCUT2D eigenvalue weighted by Crippen LogP contribution is -2.26. The minimum Gasteiger partial charge on any atom is -0.363 e. The van der Waals surface area contributed by atoms with E-state index >= 15 is 0 Å². The summed E-state index contributed by atoms with van der Waals surface area (Å²) >= 11 is 3.22. The lowest BCUT2D eigenvalue weighted by atomic mass is 10.4. The molecule has 0 amide bonds. The molecule has 0 aliphatic carbocycles. The lowest BCUT2D eigenvalue weighted by Gasteiger charge is -2.02. The molecule has 0 aromatic carbocycles. The van der Waals surface area contributed by atoms with Gasteiger partial charge in [0.2, 0.25) is 4.45 Å². The van der Waals surface area contributed by atoms with Crippen molar-refractivity contribution in [2.45, 2.75) is 4.45 Å². The first-order valence-electron chi connectivity index (χ1n) is 3.67. The van der Waals surface area contributed by atoms with Crippen molar-refractivity contribution in [3.05, 3.63) is 18.2 Å². The number of hydrogen-bond acceptors (Lipinski definition) is 4. The Kier molecular flexibility index (Phi) is 1.81. The Bertz CT molecular complexity index is 376. The normalized spacial score (nSPS) is 26.3. The highest BCUT2D eigenvalue weighted by molar-refractivity contribution is 9.10. The number of alkyl halides is 1. The number of imidazole rings is 1. The highest BCUT2D eigenvalue weighted by Gasteiger charge is 2.32. The number of nitrogens with one attached hydrogen (secondary N) is 2. The quantitative estimate of drug-likeness (QED) is 0.550. The first kappa shape index (κ1) is 8.26. The van der Waals surface area contributed by atoms with Crippen LogP contribution in [0.3, 0.4) is 0 Å². The number of hydrogen-bond donors (Lipinski definition) is 2. The highest BCUT2D eigenvalue weighted by Crippen LogP contribution is 2.22. The third-order valence-corrected chi connectivity index (χ3v) is 2.31. The van der Waals surface area contributed by atoms with Gasteiger partial charge in [0.25, 0.3) is 0 Å². The Balaban J connectivity index is 2.31. The molecule has 0 bridgehead atoms. The van der Waals surface area contributed by atoms with Crippen molar-refractivity contribution < 1.29 is 0 Å². The molecule has 5 nitrogen and oxygen atoms in total. The van der Waals surface area contributed by atoms with Crippen molar-refractivity contribution in [1.29, 1.82) is 5.26 Å². The number of nitrogens with zero attached hydrogens (tertiary/aromatic N) is 3. The van der Waals surface area contributed by atoms with Gasteiger partial charge in [0.1, 0.15) is 6.07 Å². The number of halogens is 1. The van der Waals surface area contributed by atoms with Crippen LogP contribution in [0, 0.1) is 11.3 Å². The van der Waals surface area contributed by atoms with E-state index in [-0.39, 0.29) is 0 Å². The van der Waals surface area contributed by atoms with E-state index in [2.05, 4.69) is 42.3 Å². The molecule has 1 aliphatic heterocycles. The number of nitriles is 1. The van der Waals surface area contributed by atoms with E-state index in [9.17, 15) is 0 Å². The summed E-state index contributed by atoms with van der Waals surface area (Å²) in [5.74, 6) is 1.26. The van der Waals surface area contributed by atoms with Crippen LogP contribution >= 0.6 is 15.9 Å². The summed E-state index contributed by atoms with van der Waals surface area (Å²) < 4.78 is -0.838. The molecule has 1 unspecified atom stereocenters. The molecule has 13 heavy (non-hydrogen) atoms. The summed E-state index contributed by atoms with van der Waals surface area (Å²) in [5.41, 5.74) is 0. The maximum Gasteiger partial charge on any atom is 0.220 e. The van der Waals surface area contributed by atoms with Crippen molar-refractivity contribution in [2.75, 3.05) is 6.54 Å². The summed E-state index contributed by atoms with van der Waals surface area (Å²) in [6.07, 6.45) is 3.35. The molecular formula is C7H6BrN5. The van der Waals surface area contributed by atoms with Crippen molar-refractivity contribution in [3.63, 3.8) is 0 Å². The van der Waals surface area contributed by atoms with E-state index in [4.69, 9.17) is 5.26 Å². The van der Waals surface area contributed by atoms with Crippen LogP contribution in [0.2, 0.25) is 0 Å². The average Bonchev–Trinajstić information content (AvgIpc) is 2.73. The van der Waals surface area contributed by atoms with Crippen LogP contribution in [0.25, 0.3) is 0 Å². The van der Waals surface area contributed by atoms with Crippen LogP contribution < -0.4 is 5.32 Å². The Morgan fingerprint density at radius 3 is 3.08 bits per heavy atom. The second-order valence-corrected chi connectivity index (χ2v) is 3.93. The molecule has 1 aromatic heterocycles. The SMILES string of the molecule is N#CC1(Br)CNC(c2ncc[nH]2)=N1. The van der Waals surface area contributed by atoms with E-state index in [0.717, 1.165) is 0 Å². The Morgan fingerprint density at radius 1 is 1.69 bits per heavy atom. The van der Waals surface area contributed by atoms with Gasteiger partial charge in [0, 0.05) is 12.4 Å². The smallest absolute Gasteiger partial charge is 0.220 e. The van der Waals surface area contributed by atoms with Crippen molar-refractivity contribution >= 4 is 21.8 Å². The Morgan fingerprint density at radius 2 is 2.54 bits per heavy atom. The molecule has 6 heteroatoms. The first-order valence-corrected chi connectivity index (χ1v) is 4.46. The molecule has 1 aromatic rings. The van der Waals surface area contributed by atoms with Crippen LogP contribution in [-0.2, 0) is 0 Å².